The highest BCUT2D eigenvalue weighted by Gasteiger charge is 2.24. The number of halogens is 1. The van der Waals surface area contributed by atoms with Gasteiger partial charge < -0.3 is 5.73 Å². The number of H-pyrrole nitrogens is 1. The van der Waals surface area contributed by atoms with Crippen LogP contribution in [0, 0.1) is 6.92 Å². The molecule has 0 aliphatic rings. The summed E-state index contributed by atoms with van der Waals surface area (Å²) in [6.07, 6.45) is 0. The number of rotatable bonds is 1. The second kappa shape index (κ2) is 5.02. The molecule has 0 atom stereocenters. The van der Waals surface area contributed by atoms with E-state index in [9.17, 15) is 0 Å². The largest absolute Gasteiger partial charge is 0.384 e. The van der Waals surface area contributed by atoms with Gasteiger partial charge in [-0.05, 0) is 12.5 Å². The third-order valence-corrected chi connectivity index (χ3v) is 2.84. The first-order valence-corrected chi connectivity index (χ1v) is 5.81. The summed E-state index contributed by atoms with van der Waals surface area (Å²) in [4.78, 5) is 0. The molecule has 3 N–H and O–H groups in total. The number of nitrogens with two attached hydrogens (primary N) is 1. The lowest BCUT2D eigenvalue weighted by Gasteiger charge is -2.17. The van der Waals surface area contributed by atoms with Crippen LogP contribution >= 0.6 is 12.4 Å². The predicted octanol–water partition coefficient (Wildman–Crippen LogP) is 3.69. The van der Waals surface area contributed by atoms with Crippen LogP contribution in [0.15, 0.2) is 24.3 Å². The zero-order valence-electron chi connectivity index (χ0n) is 11.2. The Morgan fingerprint density at radius 1 is 1.11 bits per heavy atom. The van der Waals surface area contributed by atoms with Gasteiger partial charge in [0.25, 0.3) is 0 Å². The molecule has 0 bridgehead atoms. The molecule has 1 aromatic carbocycles. The standard InChI is InChI=1S/C14H19N3.ClH/c1-9-5-7-10(8-6-9)11-12(14(2,3)4)16-17-13(11)15;/h5-8H,1-4H3,(H3,15,16,17);1H. The van der Waals surface area contributed by atoms with Crippen LogP contribution < -0.4 is 5.73 Å². The number of anilines is 1. The molecule has 0 unspecified atom stereocenters. The first-order valence-electron chi connectivity index (χ1n) is 5.81. The summed E-state index contributed by atoms with van der Waals surface area (Å²) in [7, 11) is 0. The van der Waals surface area contributed by atoms with Crippen molar-refractivity contribution in [3.05, 3.63) is 35.5 Å². The SMILES string of the molecule is Cc1ccc(-c2c(C(C)(C)C)n[nH]c2N)cc1.Cl. The molecular weight excluding hydrogens is 246 g/mol. The van der Waals surface area contributed by atoms with Gasteiger partial charge in [-0.25, -0.2) is 0 Å². The molecule has 0 saturated heterocycles. The first-order chi connectivity index (χ1) is 7.89. The minimum absolute atomic E-state index is 0. The maximum atomic E-state index is 5.99. The molecule has 0 aliphatic carbocycles. The monoisotopic (exact) mass is 265 g/mol. The normalized spacial score (nSPS) is 11.1. The zero-order valence-corrected chi connectivity index (χ0v) is 12.1. The highest BCUT2D eigenvalue weighted by atomic mass is 35.5. The van der Waals surface area contributed by atoms with Crippen molar-refractivity contribution in [2.24, 2.45) is 0 Å². The zero-order chi connectivity index (χ0) is 12.6. The van der Waals surface area contributed by atoms with Crippen molar-refractivity contribution in [1.29, 1.82) is 0 Å². The Morgan fingerprint density at radius 2 is 1.67 bits per heavy atom. The number of benzene rings is 1. The minimum atomic E-state index is -0.0195. The first kappa shape index (κ1) is 14.6. The molecule has 18 heavy (non-hydrogen) atoms. The van der Waals surface area contributed by atoms with E-state index in [0.717, 1.165) is 16.8 Å². The minimum Gasteiger partial charge on any atom is -0.384 e. The van der Waals surface area contributed by atoms with Gasteiger partial charge >= 0.3 is 0 Å². The van der Waals surface area contributed by atoms with Gasteiger partial charge in [-0.1, -0.05) is 50.6 Å². The third kappa shape index (κ3) is 2.67. The highest BCUT2D eigenvalue weighted by Crippen LogP contribution is 2.35. The van der Waals surface area contributed by atoms with Crippen LogP contribution in [0.3, 0.4) is 0 Å². The van der Waals surface area contributed by atoms with E-state index in [1.807, 2.05) is 0 Å². The molecule has 98 valence electrons. The van der Waals surface area contributed by atoms with Crippen molar-refractivity contribution in [3.63, 3.8) is 0 Å². The van der Waals surface area contributed by atoms with Gasteiger partial charge in [-0.3, -0.25) is 5.10 Å². The van der Waals surface area contributed by atoms with Gasteiger partial charge in [0, 0.05) is 11.0 Å². The maximum absolute atomic E-state index is 5.99. The Labute approximate surface area is 114 Å². The lowest BCUT2D eigenvalue weighted by molar-refractivity contribution is 0.568. The average Bonchev–Trinajstić information content (AvgIpc) is 2.61. The average molecular weight is 266 g/mol. The number of nitrogens with zero attached hydrogens (tertiary/aromatic N) is 1. The van der Waals surface area contributed by atoms with Crippen LogP contribution in [-0.4, -0.2) is 10.2 Å². The Bertz CT molecular complexity index is 521. The van der Waals surface area contributed by atoms with Crippen molar-refractivity contribution in [2.75, 3.05) is 5.73 Å². The Balaban J connectivity index is 0.00000162. The van der Waals surface area contributed by atoms with Crippen molar-refractivity contribution in [2.45, 2.75) is 33.1 Å². The second-order valence-electron chi connectivity index (χ2n) is 5.48. The van der Waals surface area contributed by atoms with Crippen molar-refractivity contribution >= 4 is 18.2 Å². The molecule has 3 nitrogen and oxygen atoms in total. The summed E-state index contributed by atoms with van der Waals surface area (Å²) in [5, 5.41) is 7.22. The summed E-state index contributed by atoms with van der Waals surface area (Å²) in [5.74, 6) is 0.638. The number of aromatic nitrogens is 2. The smallest absolute Gasteiger partial charge is 0.127 e. The van der Waals surface area contributed by atoms with Crippen LogP contribution in [0.4, 0.5) is 5.82 Å². The van der Waals surface area contributed by atoms with Crippen LogP contribution in [0.5, 0.6) is 0 Å². The number of hydrogen-bond donors (Lipinski definition) is 2. The van der Waals surface area contributed by atoms with E-state index < -0.39 is 0 Å². The molecule has 2 rings (SSSR count). The predicted molar refractivity (Wildman–Crippen MR) is 79.1 cm³/mol. The number of nitrogen functional groups attached to an aromatic ring is 1. The van der Waals surface area contributed by atoms with Crippen LogP contribution in [0.2, 0.25) is 0 Å². The van der Waals surface area contributed by atoms with E-state index in [2.05, 4.69) is 62.2 Å². The van der Waals surface area contributed by atoms with E-state index in [-0.39, 0.29) is 17.8 Å². The lowest BCUT2D eigenvalue weighted by Crippen LogP contribution is -2.13. The van der Waals surface area contributed by atoms with Gasteiger partial charge in [0.15, 0.2) is 0 Å². The topological polar surface area (TPSA) is 54.7 Å². The summed E-state index contributed by atoms with van der Waals surface area (Å²) in [6.45, 7) is 8.49. The van der Waals surface area contributed by atoms with Crippen molar-refractivity contribution in [1.82, 2.24) is 10.2 Å². The third-order valence-electron chi connectivity index (χ3n) is 2.84. The fraction of sp³-hybridized carbons (Fsp3) is 0.357. The highest BCUT2D eigenvalue weighted by molar-refractivity contribution is 5.85. The molecule has 0 amide bonds. The van der Waals surface area contributed by atoms with Gasteiger partial charge in [0.2, 0.25) is 0 Å². The molecule has 2 aromatic rings. The molecule has 0 fully saturated rings. The van der Waals surface area contributed by atoms with Gasteiger partial charge in [0.05, 0.1) is 5.69 Å². The Morgan fingerprint density at radius 3 is 2.17 bits per heavy atom. The second-order valence-corrected chi connectivity index (χ2v) is 5.48. The molecule has 0 radical (unpaired) electrons. The van der Waals surface area contributed by atoms with E-state index in [1.165, 1.54) is 5.56 Å². The van der Waals surface area contributed by atoms with Crippen LogP contribution in [0.1, 0.15) is 32.0 Å². The van der Waals surface area contributed by atoms with Gasteiger partial charge in [-0.2, -0.15) is 5.10 Å². The molecule has 1 heterocycles. The van der Waals surface area contributed by atoms with E-state index in [1.54, 1.807) is 0 Å². The number of aryl methyl sites for hydroxylation is 1. The number of nitrogens with one attached hydrogen (secondary N) is 1. The van der Waals surface area contributed by atoms with Crippen LogP contribution in [0.25, 0.3) is 11.1 Å². The fourth-order valence-electron chi connectivity index (χ4n) is 1.91. The quantitative estimate of drug-likeness (QED) is 0.826. The fourth-order valence-corrected chi connectivity index (χ4v) is 1.91. The van der Waals surface area contributed by atoms with Crippen molar-refractivity contribution < 1.29 is 0 Å². The molecule has 4 heteroatoms. The molecular formula is C14H20ClN3. The van der Waals surface area contributed by atoms with E-state index in [0.29, 0.717) is 5.82 Å². The van der Waals surface area contributed by atoms with Crippen molar-refractivity contribution in [3.8, 4) is 11.1 Å². The van der Waals surface area contributed by atoms with Gasteiger partial charge in [-0.15, -0.1) is 12.4 Å². The van der Waals surface area contributed by atoms with Crippen LogP contribution in [-0.2, 0) is 5.41 Å². The molecule has 1 aromatic heterocycles. The molecule has 0 aliphatic heterocycles. The Kier molecular flexibility index (Phi) is 4.07. The van der Waals surface area contributed by atoms with E-state index >= 15 is 0 Å². The molecule has 0 spiro atoms. The maximum Gasteiger partial charge on any atom is 0.127 e. The number of aromatic amines is 1. The Hall–Kier alpha value is -1.48. The summed E-state index contributed by atoms with van der Waals surface area (Å²) in [5.41, 5.74) is 10.4. The summed E-state index contributed by atoms with van der Waals surface area (Å²) < 4.78 is 0. The summed E-state index contributed by atoms with van der Waals surface area (Å²) in [6, 6.07) is 8.36. The summed E-state index contributed by atoms with van der Waals surface area (Å²) >= 11 is 0. The molecule has 0 saturated carbocycles. The lowest BCUT2D eigenvalue weighted by atomic mass is 9.87. The van der Waals surface area contributed by atoms with E-state index in [4.69, 9.17) is 5.73 Å². The number of hydrogen-bond acceptors (Lipinski definition) is 2. The van der Waals surface area contributed by atoms with Gasteiger partial charge in [0.1, 0.15) is 5.82 Å².